The molecule has 15 heavy (non-hydrogen) atoms. The van der Waals surface area contributed by atoms with Crippen LogP contribution in [0.4, 0.5) is 4.79 Å². The van der Waals surface area contributed by atoms with Crippen LogP contribution < -0.4 is 5.32 Å². The predicted molar refractivity (Wildman–Crippen MR) is 54.2 cm³/mol. The topological polar surface area (TPSA) is 66.5 Å². The zero-order chi connectivity index (χ0) is 11.8. The van der Waals surface area contributed by atoms with Crippen LogP contribution in [-0.2, 0) is 9.59 Å². The monoisotopic (exact) mass is 212 g/mol. The number of nitrogens with one attached hydrogen (secondary N) is 1. The summed E-state index contributed by atoms with van der Waals surface area (Å²) < 4.78 is 0. The lowest BCUT2D eigenvalue weighted by atomic mass is 10.1. The molecular formula is C10H16N2O3. The average molecular weight is 212 g/mol. The van der Waals surface area contributed by atoms with Crippen molar-refractivity contribution in [3.63, 3.8) is 0 Å². The summed E-state index contributed by atoms with van der Waals surface area (Å²) in [7, 11) is 0. The normalized spacial score (nSPS) is 19.7. The quantitative estimate of drug-likeness (QED) is 0.694. The van der Waals surface area contributed by atoms with Crippen LogP contribution in [0.2, 0.25) is 0 Å². The Kier molecular flexibility index (Phi) is 2.83. The van der Waals surface area contributed by atoms with E-state index in [9.17, 15) is 14.4 Å². The van der Waals surface area contributed by atoms with Gasteiger partial charge in [0.1, 0.15) is 5.54 Å². The highest BCUT2D eigenvalue weighted by Gasteiger charge is 2.44. The molecule has 0 spiro atoms. The summed E-state index contributed by atoms with van der Waals surface area (Å²) in [6, 6.07) is -0.487. The Bertz CT molecular complexity index is 321. The van der Waals surface area contributed by atoms with Crippen molar-refractivity contribution in [3.05, 3.63) is 0 Å². The SMILES string of the molecule is CC(C)C(=O)CN1C(=O)NC(C)(C)C1=O. The van der Waals surface area contributed by atoms with E-state index in [-0.39, 0.29) is 24.2 Å². The number of carbonyl (C=O) groups is 3. The van der Waals surface area contributed by atoms with Gasteiger partial charge in [-0.2, -0.15) is 0 Å². The molecule has 0 bridgehead atoms. The largest absolute Gasteiger partial charge is 0.325 e. The summed E-state index contributed by atoms with van der Waals surface area (Å²) in [6.07, 6.45) is 0. The van der Waals surface area contributed by atoms with Gasteiger partial charge in [-0.05, 0) is 13.8 Å². The fraction of sp³-hybridized carbons (Fsp3) is 0.700. The second-order valence-corrected chi connectivity index (χ2v) is 4.57. The lowest BCUT2D eigenvalue weighted by Gasteiger charge is -2.16. The average Bonchev–Trinajstić information content (AvgIpc) is 2.27. The fourth-order valence-corrected chi connectivity index (χ4v) is 1.30. The van der Waals surface area contributed by atoms with Crippen LogP contribution in [0.5, 0.6) is 0 Å². The Labute approximate surface area is 88.8 Å². The number of amides is 3. The molecule has 1 fully saturated rings. The summed E-state index contributed by atoms with van der Waals surface area (Å²) in [5.41, 5.74) is -0.895. The number of urea groups is 1. The first-order chi connectivity index (χ1) is 6.75. The third-order valence-electron chi connectivity index (χ3n) is 2.40. The highest BCUT2D eigenvalue weighted by molar-refractivity contribution is 6.08. The van der Waals surface area contributed by atoms with Gasteiger partial charge in [0.15, 0.2) is 5.78 Å². The number of hydrogen-bond donors (Lipinski definition) is 1. The van der Waals surface area contributed by atoms with Crippen molar-refractivity contribution in [2.75, 3.05) is 6.54 Å². The van der Waals surface area contributed by atoms with Gasteiger partial charge in [0.05, 0.1) is 6.54 Å². The van der Waals surface area contributed by atoms with Gasteiger partial charge in [0.25, 0.3) is 5.91 Å². The van der Waals surface area contributed by atoms with Crippen molar-refractivity contribution in [1.82, 2.24) is 10.2 Å². The molecule has 84 valence electrons. The van der Waals surface area contributed by atoms with E-state index in [1.165, 1.54) is 0 Å². The zero-order valence-electron chi connectivity index (χ0n) is 9.46. The molecule has 0 aromatic carbocycles. The van der Waals surface area contributed by atoms with E-state index in [1.54, 1.807) is 27.7 Å². The summed E-state index contributed by atoms with van der Waals surface area (Å²) in [5.74, 6) is -0.632. The number of ketones is 1. The lowest BCUT2D eigenvalue weighted by molar-refractivity contribution is -0.134. The Morgan fingerprint density at radius 3 is 2.27 bits per heavy atom. The molecule has 1 saturated heterocycles. The molecule has 5 heteroatoms. The van der Waals surface area contributed by atoms with E-state index in [4.69, 9.17) is 0 Å². The fourth-order valence-electron chi connectivity index (χ4n) is 1.30. The van der Waals surface area contributed by atoms with Gasteiger partial charge in [-0.25, -0.2) is 4.79 Å². The minimum atomic E-state index is -0.895. The molecule has 0 aromatic heterocycles. The second-order valence-electron chi connectivity index (χ2n) is 4.57. The van der Waals surface area contributed by atoms with Crippen molar-refractivity contribution in [2.45, 2.75) is 33.2 Å². The van der Waals surface area contributed by atoms with Crippen LogP contribution in [0.15, 0.2) is 0 Å². The number of hydrogen-bond acceptors (Lipinski definition) is 3. The minimum absolute atomic E-state index is 0.115. The molecule has 1 N–H and O–H groups in total. The maximum Gasteiger partial charge on any atom is 0.325 e. The van der Waals surface area contributed by atoms with Gasteiger partial charge in [0.2, 0.25) is 0 Å². The van der Waals surface area contributed by atoms with Crippen LogP contribution in [0.25, 0.3) is 0 Å². The van der Waals surface area contributed by atoms with E-state index >= 15 is 0 Å². The molecular weight excluding hydrogens is 196 g/mol. The Hall–Kier alpha value is -1.39. The van der Waals surface area contributed by atoms with Crippen molar-refractivity contribution < 1.29 is 14.4 Å². The molecule has 0 unspecified atom stereocenters. The number of carbonyl (C=O) groups excluding carboxylic acids is 3. The standard InChI is InChI=1S/C10H16N2O3/c1-6(2)7(13)5-12-8(14)10(3,4)11-9(12)15/h6H,5H2,1-4H3,(H,11,15). The van der Waals surface area contributed by atoms with Gasteiger partial charge >= 0.3 is 6.03 Å². The lowest BCUT2D eigenvalue weighted by Crippen LogP contribution is -2.41. The minimum Gasteiger partial charge on any atom is -0.324 e. The molecule has 1 heterocycles. The van der Waals surface area contributed by atoms with Gasteiger partial charge in [-0.15, -0.1) is 0 Å². The molecule has 1 rings (SSSR count). The first kappa shape index (κ1) is 11.7. The van der Waals surface area contributed by atoms with Crippen LogP contribution >= 0.6 is 0 Å². The molecule has 5 nitrogen and oxygen atoms in total. The zero-order valence-corrected chi connectivity index (χ0v) is 9.46. The molecule has 0 radical (unpaired) electrons. The number of rotatable bonds is 3. The summed E-state index contributed by atoms with van der Waals surface area (Å²) in [4.78, 5) is 35.5. The Morgan fingerprint density at radius 1 is 1.40 bits per heavy atom. The van der Waals surface area contributed by atoms with E-state index in [0.717, 1.165) is 4.90 Å². The highest BCUT2D eigenvalue weighted by atomic mass is 16.2. The predicted octanol–water partition coefficient (Wildman–Crippen LogP) is 0.542. The third kappa shape index (κ3) is 2.16. The van der Waals surface area contributed by atoms with E-state index in [1.807, 2.05) is 0 Å². The van der Waals surface area contributed by atoms with E-state index in [2.05, 4.69) is 5.32 Å². The van der Waals surface area contributed by atoms with Crippen LogP contribution in [0.3, 0.4) is 0 Å². The van der Waals surface area contributed by atoms with Gasteiger partial charge in [-0.1, -0.05) is 13.8 Å². The molecule has 0 atom stereocenters. The molecule has 3 amide bonds. The highest BCUT2D eigenvalue weighted by Crippen LogP contribution is 2.16. The first-order valence-corrected chi connectivity index (χ1v) is 4.92. The van der Waals surface area contributed by atoms with Crippen molar-refractivity contribution >= 4 is 17.7 Å². The third-order valence-corrected chi connectivity index (χ3v) is 2.40. The molecule has 1 aliphatic rings. The van der Waals surface area contributed by atoms with Gasteiger partial charge in [0, 0.05) is 5.92 Å². The van der Waals surface area contributed by atoms with Crippen molar-refractivity contribution in [2.24, 2.45) is 5.92 Å². The van der Waals surface area contributed by atoms with Crippen LogP contribution in [0.1, 0.15) is 27.7 Å². The van der Waals surface area contributed by atoms with Gasteiger partial charge in [-0.3, -0.25) is 14.5 Å². The maximum atomic E-state index is 11.7. The second kappa shape index (κ2) is 3.64. The number of nitrogens with zero attached hydrogens (tertiary/aromatic N) is 1. The van der Waals surface area contributed by atoms with Crippen LogP contribution in [-0.4, -0.2) is 34.7 Å². The summed E-state index contributed by atoms with van der Waals surface area (Å²) in [5, 5.41) is 2.52. The number of Topliss-reactive ketones (excluding diaryl/α,β-unsaturated/α-hetero) is 1. The smallest absolute Gasteiger partial charge is 0.324 e. The summed E-state index contributed by atoms with van der Waals surface area (Å²) >= 11 is 0. The van der Waals surface area contributed by atoms with Crippen molar-refractivity contribution in [1.29, 1.82) is 0 Å². The number of imide groups is 1. The molecule has 0 saturated carbocycles. The van der Waals surface area contributed by atoms with Crippen molar-refractivity contribution in [3.8, 4) is 0 Å². The maximum absolute atomic E-state index is 11.7. The molecule has 1 aliphatic heterocycles. The van der Waals surface area contributed by atoms with E-state index in [0.29, 0.717) is 0 Å². The first-order valence-electron chi connectivity index (χ1n) is 4.92. The summed E-state index contributed by atoms with van der Waals surface area (Å²) in [6.45, 7) is 6.59. The van der Waals surface area contributed by atoms with Crippen LogP contribution in [0, 0.1) is 5.92 Å². The van der Waals surface area contributed by atoms with Gasteiger partial charge < -0.3 is 5.32 Å². The Balaban J connectivity index is 2.76. The van der Waals surface area contributed by atoms with E-state index < -0.39 is 11.6 Å². The molecule has 0 aromatic rings. The Morgan fingerprint density at radius 2 is 1.93 bits per heavy atom. The molecule has 0 aliphatic carbocycles.